The summed E-state index contributed by atoms with van der Waals surface area (Å²) in [5.41, 5.74) is 1.70. The Morgan fingerprint density at radius 2 is 1.97 bits per heavy atom. The molecule has 30 heavy (non-hydrogen) atoms. The average molecular weight is 410 g/mol. The molecule has 1 saturated heterocycles. The van der Waals surface area contributed by atoms with Crippen molar-refractivity contribution < 1.29 is 23.7 Å². The van der Waals surface area contributed by atoms with Crippen molar-refractivity contribution in [3.8, 4) is 23.1 Å². The molecular weight excluding hydrogens is 387 g/mol. The first kappa shape index (κ1) is 20.0. The second-order valence-electron chi connectivity index (χ2n) is 6.99. The molecule has 1 fully saturated rings. The summed E-state index contributed by atoms with van der Waals surface area (Å²) < 4.78 is 30.2. The monoisotopic (exact) mass is 410 g/mol. The summed E-state index contributed by atoms with van der Waals surface area (Å²) in [7, 11) is 1.60. The summed E-state index contributed by atoms with van der Waals surface area (Å²) in [6.07, 6.45) is 1.90. The Bertz CT molecular complexity index is 997. The van der Waals surface area contributed by atoms with Crippen LogP contribution in [-0.4, -0.2) is 36.4 Å². The number of rotatable bonds is 7. The maximum Gasteiger partial charge on any atom is 0.213 e. The summed E-state index contributed by atoms with van der Waals surface area (Å²) in [4.78, 5) is 6.12. The van der Waals surface area contributed by atoms with Gasteiger partial charge < -0.3 is 24.2 Å². The molecule has 1 atom stereocenters. The molecule has 0 amide bonds. The number of ether oxygens (including phenoxy) is 3. The fourth-order valence-corrected chi connectivity index (χ4v) is 3.54. The van der Waals surface area contributed by atoms with Crippen molar-refractivity contribution in [2.75, 3.05) is 25.1 Å². The van der Waals surface area contributed by atoms with Gasteiger partial charge in [0.05, 0.1) is 26.5 Å². The molecular formula is C23H23FN2O4. The standard InChI is InChI=1S/C23H23FN2O4/c1-28-21-4-2-3-5-22(21)29-18-7-8-20(16(12-18)15-27)26-11-10-19(14-26)30-23-9-6-17(24)13-25-23/h2-9,12-13,19,27H,10-11,14-15H2,1H3/t19-/m0/s1. The summed E-state index contributed by atoms with van der Waals surface area (Å²) in [6.45, 7) is 1.32. The van der Waals surface area contributed by atoms with E-state index in [4.69, 9.17) is 14.2 Å². The quantitative estimate of drug-likeness (QED) is 0.631. The molecule has 1 aliphatic heterocycles. The van der Waals surface area contributed by atoms with Crippen LogP contribution in [0.3, 0.4) is 0 Å². The van der Waals surface area contributed by atoms with Crippen molar-refractivity contribution in [1.82, 2.24) is 4.98 Å². The summed E-state index contributed by atoms with van der Waals surface area (Å²) in [5.74, 6) is 1.89. The van der Waals surface area contributed by atoms with Gasteiger partial charge in [0.1, 0.15) is 17.7 Å². The van der Waals surface area contributed by atoms with Crippen LogP contribution in [0.5, 0.6) is 23.1 Å². The van der Waals surface area contributed by atoms with Crippen molar-refractivity contribution in [3.05, 3.63) is 72.2 Å². The number of aliphatic hydroxyl groups excluding tert-OH is 1. The molecule has 1 N–H and O–H groups in total. The summed E-state index contributed by atoms with van der Waals surface area (Å²) >= 11 is 0. The predicted octanol–water partition coefficient (Wildman–Crippen LogP) is 4.17. The van der Waals surface area contributed by atoms with Gasteiger partial charge in [-0.15, -0.1) is 0 Å². The number of methoxy groups -OCH3 is 1. The lowest BCUT2D eigenvalue weighted by molar-refractivity contribution is 0.215. The van der Waals surface area contributed by atoms with E-state index in [-0.39, 0.29) is 12.7 Å². The molecule has 1 aliphatic rings. The highest BCUT2D eigenvalue weighted by atomic mass is 19.1. The Morgan fingerprint density at radius 3 is 2.70 bits per heavy atom. The van der Waals surface area contributed by atoms with Crippen LogP contribution in [0.2, 0.25) is 0 Å². The zero-order valence-corrected chi connectivity index (χ0v) is 16.6. The van der Waals surface area contributed by atoms with Gasteiger partial charge in [-0.2, -0.15) is 0 Å². The maximum absolute atomic E-state index is 13.0. The van der Waals surface area contributed by atoms with E-state index >= 15 is 0 Å². The molecule has 0 bridgehead atoms. The second kappa shape index (κ2) is 9.00. The van der Waals surface area contributed by atoms with Gasteiger partial charge in [0.2, 0.25) is 5.88 Å². The number of pyridine rings is 1. The van der Waals surface area contributed by atoms with Gasteiger partial charge in [-0.1, -0.05) is 12.1 Å². The summed E-state index contributed by atoms with van der Waals surface area (Å²) in [5, 5.41) is 9.91. The van der Waals surface area contributed by atoms with Gasteiger partial charge in [-0.25, -0.2) is 9.37 Å². The normalized spacial score (nSPS) is 15.8. The Kier molecular flexibility index (Phi) is 5.99. The van der Waals surface area contributed by atoms with E-state index in [9.17, 15) is 9.50 Å². The number of halogens is 1. The second-order valence-corrected chi connectivity index (χ2v) is 6.99. The van der Waals surface area contributed by atoms with E-state index in [1.807, 2.05) is 42.5 Å². The summed E-state index contributed by atoms with van der Waals surface area (Å²) in [6, 6.07) is 15.9. The number of benzene rings is 2. The first-order valence-electron chi connectivity index (χ1n) is 9.74. The molecule has 3 aromatic rings. The minimum absolute atomic E-state index is 0.0565. The van der Waals surface area contributed by atoms with E-state index in [2.05, 4.69) is 9.88 Å². The van der Waals surface area contributed by atoms with Crippen LogP contribution in [-0.2, 0) is 6.61 Å². The van der Waals surface area contributed by atoms with Crippen LogP contribution >= 0.6 is 0 Å². The Labute approximate surface area is 174 Å². The van der Waals surface area contributed by atoms with Crippen molar-refractivity contribution in [2.24, 2.45) is 0 Å². The van der Waals surface area contributed by atoms with E-state index in [1.165, 1.54) is 12.1 Å². The van der Waals surface area contributed by atoms with Gasteiger partial charge >= 0.3 is 0 Å². The minimum atomic E-state index is -0.390. The topological polar surface area (TPSA) is 64.1 Å². The molecule has 0 spiro atoms. The molecule has 156 valence electrons. The molecule has 0 radical (unpaired) electrons. The third-order valence-corrected chi connectivity index (χ3v) is 4.99. The Hall–Kier alpha value is -3.32. The van der Waals surface area contributed by atoms with Gasteiger partial charge in [-0.05, 0) is 36.4 Å². The zero-order valence-electron chi connectivity index (χ0n) is 16.6. The van der Waals surface area contributed by atoms with E-state index in [0.717, 1.165) is 30.4 Å². The first-order valence-corrected chi connectivity index (χ1v) is 9.74. The van der Waals surface area contributed by atoms with Crippen LogP contribution in [0.1, 0.15) is 12.0 Å². The van der Waals surface area contributed by atoms with Crippen LogP contribution in [0, 0.1) is 5.82 Å². The van der Waals surface area contributed by atoms with Gasteiger partial charge in [0.15, 0.2) is 11.5 Å². The highest BCUT2D eigenvalue weighted by Crippen LogP contribution is 2.34. The molecule has 0 saturated carbocycles. The largest absolute Gasteiger partial charge is 0.493 e. The Morgan fingerprint density at radius 1 is 1.13 bits per heavy atom. The number of hydrogen-bond donors (Lipinski definition) is 1. The fourth-order valence-electron chi connectivity index (χ4n) is 3.54. The molecule has 4 rings (SSSR count). The van der Waals surface area contributed by atoms with Gasteiger partial charge in [-0.3, -0.25) is 0 Å². The van der Waals surface area contributed by atoms with Gasteiger partial charge in [0, 0.05) is 30.3 Å². The molecule has 6 nitrogen and oxygen atoms in total. The van der Waals surface area contributed by atoms with Crippen LogP contribution in [0.4, 0.5) is 10.1 Å². The Balaban J connectivity index is 1.46. The molecule has 2 heterocycles. The zero-order chi connectivity index (χ0) is 20.9. The smallest absolute Gasteiger partial charge is 0.213 e. The van der Waals surface area contributed by atoms with Crippen molar-refractivity contribution in [3.63, 3.8) is 0 Å². The van der Waals surface area contributed by atoms with Crippen molar-refractivity contribution in [2.45, 2.75) is 19.1 Å². The lowest BCUT2D eigenvalue weighted by Crippen LogP contribution is -2.25. The number of aromatic nitrogens is 1. The number of aliphatic hydroxyl groups is 1. The van der Waals surface area contributed by atoms with E-state index in [0.29, 0.717) is 29.7 Å². The molecule has 1 aromatic heterocycles. The molecule has 0 unspecified atom stereocenters. The number of para-hydroxylation sites is 2. The lowest BCUT2D eigenvalue weighted by atomic mass is 10.1. The number of hydrogen-bond acceptors (Lipinski definition) is 6. The van der Waals surface area contributed by atoms with Crippen LogP contribution in [0.15, 0.2) is 60.8 Å². The van der Waals surface area contributed by atoms with Crippen molar-refractivity contribution >= 4 is 5.69 Å². The van der Waals surface area contributed by atoms with Crippen molar-refractivity contribution in [1.29, 1.82) is 0 Å². The highest BCUT2D eigenvalue weighted by molar-refractivity contribution is 5.58. The third-order valence-electron chi connectivity index (χ3n) is 4.99. The number of nitrogens with zero attached hydrogens (tertiary/aromatic N) is 2. The van der Waals surface area contributed by atoms with Crippen LogP contribution in [0.25, 0.3) is 0 Å². The molecule has 0 aliphatic carbocycles. The highest BCUT2D eigenvalue weighted by Gasteiger charge is 2.26. The lowest BCUT2D eigenvalue weighted by Gasteiger charge is -2.22. The van der Waals surface area contributed by atoms with E-state index < -0.39 is 5.82 Å². The minimum Gasteiger partial charge on any atom is -0.493 e. The fraction of sp³-hybridized carbons (Fsp3) is 0.261. The maximum atomic E-state index is 13.0. The third kappa shape index (κ3) is 4.46. The SMILES string of the molecule is COc1ccccc1Oc1ccc(N2CC[C@H](Oc3ccc(F)cn3)C2)c(CO)c1. The van der Waals surface area contributed by atoms with Gasteiger partial charge in [0.25, 0.3) is 0 Å². The first-order chi connectivity index (χ1) is 14.7. The predicted molar refractivity (Wildman–Crippen MR) is 111 cm³/mol. The van der Waals surface area contributed by atoms with Crippen LogP contribution < -0.4 is 19.1 Å². The number of anilines is 1. The average Bonchev–Trinajstić information content (AvgIpc) is 3.24. The van der Waals surface area contributed by atoms with E-state index in [1.54, 1.807) is 7.11 Å². The molecule has 7 heteroatoms. The molecule has 2 aromatic carbocycles.